The Morgan fingerprint density at radius 1 is 1.03 bits per heavy atom. The molecule has 1 aromatic rings. The number of benzene rings is 1. The Labute approximate surface area is 189 Å². The lowest BCUT2D eigenvalue weighted by atomic mass is 9.95. The number of nitrogens with zero attached hydrogens (tertiary/aromatic N) is 1. The molecule has 0 saturated carbocycles. The van der Waals surface area contributed by atoms with Crippen LogP contribution in [0.5, 0.6) is 0 Å². The molecule has 0 radical (unpaired) electrons. The van der Waals surface area contributed by atoms with Crippen LogP contribution in [0.25, 0.3) is 0 Å². The highest BCUT2D eigenvalue weighted by Crippen LogP contribution is 2.27. The number of hydrogen-bond donors (Lipinski definition) is 2. The minimum Gasteiger partial charge on any atom is -0.468 e. The topological polar surface area (TPSA) is 114 Å². The summed E-state index contributed by atoms with van der Waals surface area (Å²) >= 11 is 0. The second-order valence-corrected chi connectivity index (χ2v) is 8.81. The highest BCUT2D eigenvalue weighted by molar-refractivity contribution is 5.92. The summed E-state index contributed by atoms with van der Waals surface area (Å²) in [5.41, 5.74) is 1.65. The Bertz CT molecular complexity index is 845. The van der Waals surface area contributed by atoms with Gasteiger partial charge in [-0.15, -0.1) is 0 Å². The molecule has 0 aliphatic carbocycles. The molecule has 0 heterocycles. The quantitative estimate of drug-likeness (QED) is 0.589. The van der Waals surface area contributed by atoms with Crippen LogP contribution < -0.4 is 10.6 Å². The van der Waals surface area contributed by atoms with Gasteiger partial charge in [0.15, 0.2) is 0 Å². The molecule has 0 fully saturated rings. The summed E-state index contributed by atoms with van der Waals surface area (Å²) in [6.45, 7) is 11.8. The molecule has 1 atom stereocenters. The summed E-state index contributed by atoms with van der Waals surface area (Å²) in [5.74, 6) is -1.60. The number of nitrogens with one attached hydrogen (secondary N) is 2. The van der Waals surface area contributed by atoms with E-state index >= 15 is 0 Å². The Balaban J connectivity index is 3.25. The largest absolute Gasteiger partial charge is 0.468 e. The van der Waals surface area contributed by atoms with Crippen molar-refractivity contribution in [2.75, 3.05) is 20.2 Å². The highest BCUT2D eigenvalue weighted by Gasteiger charge is 2.34. The third kappa shape index (κ3) is 8.20. The number of rotatable bonds is 8. The van der Waals surface area contributed by atoms with Crippen LogP contribution in [0.4, 0.5) is 4.79 Å². The Morgan fingerprint density at radius 2 is 1.66 bits per heavy atom. The van der Waals surface area contributed by atoms with Crippen molar-refractivity contribution in [1.29, 1.82) is 0 Å². The van der Waals surface area contributed by atoms with Gasteiger partial charge in [-0.25, -0.2) is 4.79 Å². The van der Waals surface area contributed by atoms with E-state index in [1.807, 2.05) is 32.0 Å². The maximum atomic E-state index is 13.2. The SMILES string of the molecule is COC(=O)CNC(=O)C(c1cc(C)ccc1C)N(C(=O)CNC(=O)OC(C)(C)C)C(C)C. The summed E-state index contributed by atoms with van der Waals surface area (Å²) < 4.78 is 9.77. The third-order valence-electron chi connectivity index (χ3n) is 4.52. The number of esters is 1. The van der Waals surface area contributed by atoms with Crippen molar-refractivity contribution in [2.24, 2.45) is 0 Å². The van der Waals surface area contributed by atoms with Crippen molar-refractivity contribution < 1.29 is 28.7 Å². The Hall–Kier alpha value is -3.10. The third-order valence-corrected chi connectivity index (χ3v) is 4.52. The molecule has 0 spiro atoms. The molecular weight excluding hydrogens is 414 g/mol. The fraction of sp³-hybridized carbons (Fsp3) is 0.565. The molecule has 0 bridgehead atoms. The summed E-state index contributed by atoms with van der Waals surface area (Å²) in [5, 5.41) is 4.99. The number of ether oxygens (including phenoxy) is 2. The molecule has 32 heavy (non-hydrogen) atoms. The van der Waals surface area contributed by atoms with Crippen LogP contribution in [0.2, 0.25) is 0 Å². The number of amides is 3. The standard InChI is InChI=1S/C23H35N3O6/c1-14(2)26(18(27)12-25-22(30)32-23(5,6)7)20(21(29)24-13-19(28)31-8)17-11-15(3)9-10-16(17)4/h9-11,14,20H,12-13H2,1-8H3,(H,24,29)(H,25,30). The van der Waals surface area contributed by atoms with Crippen molar-refractivity contribution in [3.63, 3.8) is 0 Å². The van der Waals surface area contributed by atoms with Gasteiger partial charge in [0.2, 0.25) is 11.8 Å². The molecule has 0 aromatic heterocycles. The molecule has 178 valence electrons. The molecule has 0 aliphatic heterocycles. The normalized spacial score (nSPS) is 12.0. The van der Waals surface area contributed by atoms with Crippen molar-refractivity contribution in [3.8, 4) is 0 Å². The van der Waals surface area contributed by atoms with E-state index in [0.717, 1.165) is 11.1 Å². The number of aryl methyl sites for hydroxylation is 2. The fourth-order valence-electron chi connectivity index (χ4n) is 3.08. The summed E-state index contributed by atoms with van der Waals surface area (Å²) in [7, 11) is 1.23. The first-order chi connectivity index (χ1) is 14.8. The zero-order chi connectivity index (χ0) is 24.6. The molecule has 1 unspecified atom stereocenters. The van der Waals surface area contributed by atoms with Gasteiger partial charge in [-0.1, -0.05) is 23.8 Å². The number of hydrogen-bond acceptors (Lipinski definition) is 6. The van der Waals surface area contributed by atoms with Crippen LogP contribution in [0.1, 0.15) is 57.4 Å². The first-order valence-corrected chi connectivity index (χ1v) is 10.5. The van der Waals surface area contributed by atoms with Gasteiger partial charge in [0.05, 0.1) is 7.11 Å². The van der Waals surface area contributed by atoms with Crippen molar-refractivity contribution >= 4 is 23.9 Å². The maximum Gasteiger partial charge on any atom is 0.408 e. The first-order valence-electron chi connectivity index (χ1n) is 10.5. The lowest BCUT2D eigenvalue weighted by Gasteiger charge is -2.35. The molecule has 0 saturated heterocycles. The average Bonchev–Trinajstić information content (AvgIpc) is 2.68. The highest BCUT2D eigenvalue weighted by atomic mass is 16.6. The molecule has 0 aliphatic rings. The number of carbonyl (C=O) groups is 4. The second-order valence-electron chi connectivity index (χ2n) is 8.81. The average molecular weight is 450 g/mol. The predicted octanol–water partition coefficient (Wildman–Crippen LogP) is 2.40. The Kier molecular flexibility index (Phi) is 9.68. The van der Waals surface area contributed by atoms with E-state index in [-0.39, 0.29) is 19.1 Å². The van der Waals surface area contributed by atoms with Crippen molar-refractivity contribution in [3.05, 3.63) is 34.9 Å². The fourth-order valence-corrected chi connectivity index (χ4v) is 3.08. The summed E-state index contributed by atoms with van der Waals surface area (Å²) in [6.07, 6.45) is -0.729. The van der Waals surface area contributed by atoms with Crippen LogP contribution in [-0.4, -0.2) is 60.6 Å². The molecule has 2 N–H and O–H groups in total. The number of alkyl carbamates (subject to hydrolysis) is 1. The van der Waals surface area contributed by atoms with E-state index in [2.05, 4.69) is 15.4 Å². The smallest absolute Gasteiger partial charge is 0.408 e. The Morgan fingerprint density at radius 3 is 2.19 bits per heavy atom. The molecule has 1 aromatic carbocycles. The van der Waals surface area contributed by atoms with E-state index in [0.29, 0.717) is 5.56 Å². The lowest BCUT2D eigenvalue weighted by Crippen LogP contribution is -2.51. The van der Waals surface area contributed by atoms with Crippen LogP contribution in [0.15, 0.2) is 18.2 Å². The monoisotopic (exact) mass is 449 g/mol. The van der Waals surface area contributed by atoms with Crippen LogP contribution in [-0.2, 0) is 23.9 Å². The first kappa shape index (κ1) is 26.9. The lowest BCUT2D eigenvalue weighted by molar-refractivity contribution is -0.144. The summed E-state index contributed by atoms with van der Waals surface area (Å²) in [4.78, 5) is 51.3. The predicted molar refractivity (Wildman–Crippen MR) is 120 cm³/mol. The van der Waals surface area contributed by atoms with Crippen LogP contribution in [0.3, 0.4) is 0 Å². The van der Waals surface area contributed by atoms with E-state index in [4.69, 9.17) is 4.74 Å². The summed E-state index contributed by atoms with van der Waals surface area (Å²) in [6, 6.07) is 4.23. The van der Waals surface area contributed by atoms with Crippen molar-refractivity contribution in [1.82, 2.24) is 15.5 Å². The second kappa shape index (κ2) is 11.5. The maximum absolute atomic E-state index is 13.2. The number of carbonyl (C=O) groups excluding carboxylic acids is 4. The zero-order valence-electron chi connectivity index (χ0n) is 20.2. The molecule has 9 heteroatoms. The van der Waals surface area contributed by atoms with E-state index in [1.165, 1.54) is 12.0 Å². The van der Waals surface area contributed by atoms with Gasteiger partial charge in [0, 0.05) is 6.04 Å². The zero-order valence-corrected chi connectivity index (χ0v) is 20.2. The van der Waals surface area contributed by atoms with Gasteiger partial charge in [0.25, 0.3) is 0 Å². The van der Waals surface area contributed by atoms with Gasteiger partial charge in [0.1, 0.15) is 24.7 Å². The van der Waals surface area contributed by atoms with Gasteiger partial charge in [-0.05, 0) is 59.6 Å². The van der Waals surface area contributed by atoms with Gasteiger partial charge >= 0.3 is 12.1 Å². The van der Waals surface area contributed by atoms with E-state index < -0.39 is 35.5 Å². The number of methoxy groups -OCH3 is 1. The molecule has 9 nitrogen and oxygen atoms in total. The van der Waals surface area contributed by atoms with Gasteiger partial charge in [-0.2, -0.15) is 0 Å². The molecular formula is C23H35N3O6. The van der Waals surface area contributed by atoms with E-state index in [9.17, 15) is 19.2 Å². The molecule has 3 amide bonds. The minimum atomic E-state index is -1.01. The minimum absolute atomic E-state index is 0.326. The molecule has 1 rings (SSSR count). The van der Waals surface area contributed by atoms with Crippen LogP contribution >= 0.6 is 0 Å². The van der Waals surface area contributed by atoms with Gasteiger partial charge < -0.3 is 25.0 Å². The van der Waals surface area contributed by atoms with Gasteiger partial charge in [-0.3, -0.25) is 14.4 Å². The van der Waals surface area contributed by atoms with Crippen molar-refractivity contribution in [2.45, 2.75) is 66.2 Å². The van der Waals surface area contributed by atoms with Crippen LogP contribution in [0, 0.1) is 13.8 Å². The van der Waals surface area contributed by atoms with E-state index in [1.54, 1.807) is 34.6 Å².